The molecule has 1 unspecified atom stereocenters. The van der Waals surface area contributed by atoms with Crippen LogP contribution in [0.3, 0.4) is 0 Å². The molecule has 1 N–H and O–H groups in total. The number of piperidine rings is 1. The van der Waals surface area contributed by atoms with Crippen molar-refractivity contribution in [3.8, 4) is 5.69 Å². The lowest BCUT2D eigenvalue weighted by Crippen LogP contribution is -2.40. The number of nitrogens with one attached hydrogen (secondary N) is 1. The van der Waals surface area contributed by atoms with Gasteiger partial charge in [-0.05, 0) is 37.6 Å². The highest BCUT2D eigenvalue weighted by Gasteiger charge is 2.28. The summed E-state index contributed by atoms with van der Waals surface area (Å²) in [5, 5.41) is 12.2. The number of carbonyl (C=O) groups is 1. The zero-order valence-corrected chi connectivity index (χ0v) is 18.9. The van der Waals surface area contributed by atoms with Crippen LogP contribution >= 0.6 is 0 Å². The fraction of sp³-hybridized carbons (Fsp3) is 0.458. The topological polar surface area (TPSA) is 68.0 Å². The molecule has 1 atom stereocenters. The smallest absolute Gasteiger partial charge is 0.239 e. The van der Waals surface area contributed by atoms with Crippen molar-refractivity contribution in [1.82, 2.24) is 24.5 Å². The Balaban J connectivity index is 1.55. The van der Waals surface area contributed by atoms with Gasteiger partial charge in [-0.15, -0.1) is 0 Å². The SMILES string of the molecule is Cn1nccc1C1CCCCN1CC(=O)Nc1cc(C(C)(C)C)nn1-c1ccccc1. The number of carbonyl (C=O) groups excluding carboxylic acids is 1. The molecule has 7 nitrogen and oxygen atoms in total. The van der Waals surface area contributed by atoms with Crippen LogP contribution < -0.4 is 5.32 Å². The van der Waals surface area contributed by atoms with Gasteiger partial charge in [0.15, 0.2) is 0 Å². The maximum absolute atomic E-state index is 13.1. The molecule has 1 aliphatic heterocycles. The van der Waals surface area contributed by atoms with E-state index in [0.717, 1.165) is 36.5 Å². The number of aromatic nitrogens is 4. The van der Waals surface area contributed by atoms with Gasteiger partial charge in [0.1, 0.15) is 5.82 Å². The Morgan fingerprint density at radius 2 is 1.94 bits per heavy atom. The van der Waals surface area contributed by atoms with Crippen molar-refractivity contribution in [3.63, 3.8) is 0 Å². The fourth-order valence-electron chi connectivity index (χ4n) is 4.20. The lowest BCUT2D eigenvalue weighted by molar-refractivity contribution is -0.118. The molecule has 1 fully saturated rings. The van der Waals surface area contributed by atoms with Crippen LogP contribution in [0.15, 0.2) is 48.7 Å². The number of para-hydroxylation sites is 1. The maximum Gasteiger partial charge on any atom is 0.239 e. The van der Waals surface area contributed by atoms with Gasteiger partial charge in [0.25, 0.3) is 0 Å². The minimum absolute atomic E-state index is 0.0217. The molecule has 31 heavy (non-hydrogen) atoms. The third kappa shape index (κ3) is 4.71. The predicted molar refractivity (Wildman–Crippen MR) is 122 cm³/mol. The normalized spacial score (nSPS) is 17.6. The summed E-state index contributed by atoms with van der Waals surface area (Å²) in [6, 6.07) is 14.2. The Labute approximate surface area is 184 Å². The van der Waals surface area contributed by atoms with Crippen LogP contribution in [0.25, 0.3) is 5.69 Å². The first-order chi connectivity index (χ1) is 14.8. The van der Waals surface area contributed by atoms with Crippen molar-refractivity contribution in [2.24, 2.45) is 7.05 Å². The van der Waals surface area contributed by atoms with E-state index in [4.69, 9.17) is 5.10 Å². The first kappa shape index (κ1) is 21.3. The molecule has 0 aliphatic carbocycles. The zero-order chi connectivity index (χ0) is 22.0. The molecule has 0 bridgehead atoms. The summed E-state index contributed by atoms with van der Waals surface area (Å²) in [5.74, 6) is 0.682. The van der Waals surface area contributed by atoms with Crippen molar-refractivity contribution in [2.75, 3.05) is 18.4 Å². The van der Waals surface area contributed by atoms with Crippen LogP contribution in [-0.2, 0) is 17.3 Å². The highest BCUT2D eigenvalue weighted by molar-refractivity contribution is 5.91. The third-order valence-electron chi connectivity index (χ3n) is 5.91. The van der Waals surface area contributed by atoms with E-state index in [1.807, 2.05) is 59.0 Å². The molecule has 1 aliphatic rings. The highest BCUT2D eigenvalue weighted by Crippen LogP contribution is 2.31. The first-order valence-electron chi connectivity index (χ1n) is 11.0. The van der Waals surface area contributed by atoms with E-state index in [-0.39, 0.29) is 17.4 Å². The van der Waals surface area contributed by atoms with Gasteiger partial charge in [-0.1, -0.05) is 45.4 Å². The molecule has 3 heterocycles. The Bertz CT molecular complexity index is 1030. The van der Waals surface area contributed by atoms with Gasteiger partial charge in [-0.25, -0.2) is 4.68 Å². The van der Waals surface area contributed by atoms with Gasteiger partial charge in [0.2, 0.25) is 5.91 Å². The monoisotopic (exact) mass is 420 g/mol. The van der Waals surface area contributed by atoms with Gasteiger partial charge in [0.05, 0.1) is 29.7 Å². The van der Waals surface area contributed by atoms with Crippen molar-refractivity contribution in [1.29, 1.82) is 0 Å². The standard InChI is InChI=1S/C24H32N6O/c1-24(2,3)21-16-22(30(27-21)18-10-6-5-7-11-18)26-23(31)17-29-15-9-8-12-20(29)19-13-14-25-28(19)4/h5-7,10-11,13-14,16,20H,8-9,12,15,17H2,1-4H3,(H,26,31). The molecule has 1 amide bonds. The number of anilines is 1. The van der Waals surface area contributed by atoms with Gasteiger partial charge < -0.3 is 5.32 Å². The minimum atomic E-state index is -0.114. The van der Waals surface area contributed by atoms with Crippen molar-refractivity contribution < 1.29 is 4.79 Å². The molecule has 4 rings (SSSR count). The average molecular weight is 421 g/mol. The van der Waals surface area contributed by atoms with Gasteiger partial charge in [0, 0.05) is 24.7 Å². The molecule has 1 aromatic carbocycles. The van der Waals surface area contributed by atoms with E-state index >= 15 is 0 Å². The molecule has 7 heteroatoms. The molecule has 164 valence electrons. The summed E-state index contributed by atoms with van der Waals surface area (Å²) < 4.78 is 3.74. The fourth-order valence-corrected chi connectivity index (χ4v) is 4.20. The number of amides is 1. The summed E-state index contributed by atoms with van der Waals surface area (Å²) >= 11 is 0. The number of likely N-dealkylation sites (tertiary alicyclic amines) is 1. The molecular weight excluding hydrogens is 388 g/mol. The second kappa shape index (κ2) is 8.67. The van der Waals surface area contributed by atoms with Crippen LogP contribution in [0.2, 0.25) is 0 Å². The number of hydrogen-bond donors (Lipinski definition) is 1. The summed E-state index contributed by atoms with van der Waals surface area (Å²) in [5.41, 5.74) is 2.92. The lowest BCUT2D eigenvalue weighted by Gasteiger charge is -2.35. The molecule has 3 aromatic rings. The number of nitrogens with zero attached hydrogens (tertiary/aromatic N) is 5. The number of hydrogen-bond acceptors (Lipinski definition) is 4. The third-order valence-corrected chi connectivity index (χ3v) is 5.91. The van der Waals surface area contributed by atoms with Crippen LogP contribution in [0.5, 0.6) is 0 Å². The Morgan fingerprint density at radius 1 is 1.16 bits per heavy atom. The van der Waals surface area contributed by atoms with Gasteiger partial charge >= 0.3 is 0 Å². The van der Waals surface area contributed by atoms with Crippen LogP contribution in [0.1, 0.15) is 57.5 Å². The number of aryl methyl sites for hydroxylation is 1. The second-order valence-electron chi connectivity index (χ2n) is 9.32. The number of benzene rings is 1. The number of rotatable bonds is 5. The molecule has 0 spiro atoms. The van der Waals surface area contributed by atoms with E-state index in [2.05, 4.69) is 42.2 Å². The lowest BCUT2D eigenvalue weighted by atomic mass is 9.92. The zero-order valence-electron chi connectivity index (χ0n) is 18.9. The van der Waals surface area contributed by atoms with E-state index < -0.39 is 0 Å². The summed E-state index contributed by atoms with van der Waals surface area (Å²) in [6.45, 7) is 7.64. The Morgan fingerprint density at radius 3 is 2.61 bits per heavy atom. The molecule has 0 radical (unpaired) electrons. The quantitative estimate of drug-likeness (QED) is 0.676. The van der Waals surface area contributed by atoms with Crippen molar-refractivity contribution >= 4 is 11.7 Å². The van der Waals surface area contributed by atoms with Gasteiger partial charge in [-0.3, -0.25) is 14.4 Å². The van der Waals surface area contributed by atoms with E-state index in [1.165, 1.54) is 6.42 Å². The van der Waals surface area contributed by atoms with Gasteiger partial charge in [-0.2, -0.15) is 10.2 Å². The summed E-state index contributed by atoms with van der Waals surface area (Å²) in [6.07, 6.45) is 5.15. The Hall–Kier alpha value is -2.93. The molecule has 2 aromatic heterocycles. The molecule has 0 saturated carbocycles. The first-order valence-corrected chi connectivity index (χ1v) is 11.0. The highest BCUT2D eigenvalue weighted by atomic mass is 16.2. The summed E-state index contributed by atoms with van der Waals surface area (Å²) in [7, 11) is 1.97. The molecular formula is C24H32N6O. The Kier molecular flexibility index (Phi) is 5.96. The van der Waals surface area contributed by atoms with Crippen molar-refractivity contribution in [2.45, 2.75) is 51.5 Å². The van der Waals surface area contributed by atoms with E-state index in [1.54, 1.807) is 0 Å². The second-order valence-corrected chi connectivity index (χ2v) is 9.32. The van der Waals surface area contributed by atoms with Crippen molar-refractivity contribution in [3.05, 3.63) is 60.0 Å². The summed E-state index contributed by atoms with van der Waals surface area (Å²) in [4.78, 5) is 15.4. The minimum Gasteiger partial charge on any atom is -0.309 e. The maximum atomic E-state index is 13.1. The van der Waals surface area contributed by atoms with E-state index in [0.29, 0.717) is 12.4 Å². The molecule has 1 saturated heterocycles. The van der Waals surface area contributed by atoms with E-state index in [9.17, 15) is 4.79 Å². The van der Waals surface area contributed by atoms with Crippen LogP contribution in [0, 0.1) is 0 Å². The van der Waals surface area contributed by atoms with Crippen LogP contribution in [0.4, 0.5) is 5.82 Å². The van der Waals surface area contributed by atoms with Crippen LogP contribution in [-0.4, -0.2) is 43.5 Å². The predicted octanol–water partition coefficient (Wildman–Crippen LogP) is 4.07. The average Bonchev–Trinajstić information content (AvgIpc) is 3.35. The largest absolute Gasteiger partial charge is 0.309 e.